The smallest absolute Gasteiger partial charge is 0.411 e. The topological polar surface area (TPSA) is 62.6 Å². The fourth-order valence-corrected chi connectivity index (χ4v) is 3.64. The van der Waals surface area contributed by atoms with Gasteiger partial charge in [-0.25, -0.2) is 4.79 Å². The van der Waals surface area contributed by atoms with Crippen LogP contribution in [0, 0.1) is 11.3 Å². The Hall–Kier alpha value is -2.48. The molecule has 1 fully saturated rings. The Kier molecular flexibility index (Phi) is 4.47. The Labute approximate surface area is 148 Å². The molecule has 0 spiro atoms. The summed E-state index contributed by atoms with van der Waals surface area (Å²) in [4.78, 5) is 14.4. The van der Waals surface area contributed by atoms with Gasteiger partial charge in [0.15, 0.2) is 0 Å². The predicted molar refractivity (Wildman–Crippen MR) is 95.2 cm³/mol. The van der Waals surface area contributed by atoms with Gasteiger partial charge < -0.3 is 9.47 Å². The van der Waals surface area contributed by atoms with Gasteiger partial charge in [0, 0.05) is 6.04 Å². The molecule has 0 aliphatic carbocycles. The first-order valence-electron chi connectivity index (χ1n) is 8.63. The maximum atomic E-state index is 12.5. The largest absolute Gasteiger partial charge is 0.497 e. The van der Waals surface area contributed by atoms with Crippen molar-refractivity contribution in [2.75, 3.05) is 7.11 Å². The SMILES string of the molecule is COc1ccc(C#N)c(C2=CC3CCC(C2)N3C(=O)OC(C)(C)C)c1. The summed E-state index contributed by atoms with van der Waals surface area (Å²) in [5.41, 5.74) is 2.16. The molecule has 132 valence electrons. The van der Waals surface area contributed by atoms with Crippen LogP contribution in [0.3, 0.4) is 0 Å². The molecule has 1 aromatic carbocycles. The lowest BCUT2D eigenvalue weighted by atomic mass is 9.92. The van der Waals surface area contributed by atoms with E-state index >= 15 is 0 Å². The summed E-state index contributed by atoms with van der Waals surface area (Å²) in [6, 6.07) is 7.91. The van der Waals surface area contributed by atoms with Crippen molar-refractivity contribution >= 4 is 11.7 Å². The average Bonchev–Trinajstić information content (AvgIpc) is 2.83. The number of benzene rings is 1. The highest BCUT2D eigenvalue weighted by molar-refractivity contribution is 5.77. The lowest BCUT2D eigenvalue weighted by Gasteiger charge is -2.35. The van der Waals surface area contributed by atoms with E-state index in [9.17, 15) is 10.1 Å². The van der Waals surface area contributed by atoms with Crippen LogP contribution >= 0.6 is 0 Å². The number of methoxy groups -OCH3 is 1. The van der Waals surface area contributed by atoms with Crippen molar-refractivity contribution < 1.29 is 14.3 Å². The standard InChI is InChI=1S/C20H24N2O3/c1-20(2,3)25-19(23)22-15-6-7-16(22)10-14(9-15)18-11-17(24-4)8-5-13(18)12-21/h5,8-9,11,15-16H,6-7,10H2,1-4H3. The van der Waals surface area contributed by atoms with Crippen LogP contribution in [-0.4, -0.2) is 35.8 Å². The van der Waals surface area contributed by atoms with Crippen LogP contribution in [0.25, 0.3) is 5.57 Å². The molecule has 2 aliphatic rings. The van der Waals surface area contributed by atoms with Gasteiger partial charge in [-0.3, -0.25) is 4.90 Å². The Morgan fingerprint density at radius 1 is 1.32 bits per heavy atom. The monoisotopic (exact) mass is 340 g/mol. The van der Waals surface area contributed by atoms with E-state index < -0.39 is 5.60 Å². The first-order valence-corrected chi connectivity index (χ1v) is 8.63. The van der Waals surface area contributed by atoms with E-state index in [1.54, 1.807) is 19.2 Å². The summed E-state index contributed by atoms with van der Waals surface area (Å²) in [5.74, 6) is 0.733. The second-order valence-corrected chi connectivity index (χ2v) is 7.61. The normalized spacial score (nSPS) is 22.2. The zero-order valence-corrected chi connectivity index (χ0v) is 15.2. The molecule has 0 aromatic heterocycles. The summed E-state index contributed by atoms with van der Waals surface area (Å²) in [5, 5.41) is 9.43. The molecule has 0 radical (unpaired) electrons. The van der Waals surface area contributed by atoms with Gasteiger partial charge in [-0.05, 0) is 69.4 Å². The molecule has 2 atom stereocenters. The summed E-state index contributed by atoms with van der Waals surface area (Å²) in [6.07, 6.45) is 4.48. The second kappa shape index (κ2) is 6.44. The Morgan fingerprint density at radius 3 is 2.68 bits per heavy atom. The van der Waals surface area contributed by atoms with Crippen molar-refractivity contribution in [2.24, 2.45) is 0 Å². The van der Waals surface area contributed by atoms with Crippen LogP contribution in [0.1, 0.15) is 51.2 Å². The van der Waals surface area contributed by atoms with E-state index in [2.05, 4.69) is 12.1 Å². The van der Waals surface area contributed by atoms with Crippen molar-refractivity contribution in [1.29, 1.82) is 5.26 Å². The Bertz CT molecular complexity index is 755. The van der Waals surface area contributed by atoms with Gasteiger partial charge >= 0.3 is 6.09 Å². The zero-order valence-electron chi connectivity index (χ0n) is 15.2. The van der Waals surface area contributed by atoms with Gasteiger partial charge in [0.2, 0.25) is 0 Å². The number of amides is 1. The minimum absolute atomic E-state index is 0.0290. The molecular weight excluding hydrogens is 316 g/mol. The summed E-state index contributed by atoms with van der Waals surface area (Å²) in [6.45, 7) is 5.65. The molecule has 1 aromatic rings. The first kappa shape index (κ1) is 17.3. The van der Waals surface area contributed by atoms with Gasteiger partial charge in [-0.15, -0.1) is 0 Å². The third-order valence-corrected chi connectivity index (χ3v) is 4.69. The number of carbonyl (C=O) groups excluding carboxylic acids is 1. The molecule has 0 saturated carbocycles. The highest BCUT2D eigenvalue weighted by Gasteiger charge is 2.41. The number of nitrogens with zero attached hydrogens (tertiary/aromatic N) is 2. The van der Waals surface area contributed by atoms with Crippen LogP contribution in [0.5, 0.6) is 5.75 Å². The highest BCUT2D eigenvalue weighted by atomic mass is 16.6. The van der Waals surface area contributed by atoms with E-state index in [-0.39, 0.29) is 18.2 Å². The van der Waals surface area contributed by atoms with Crippen LogP contribution in [-0.2, 0) is 4.74 Å². The molecule has 5 nitrogen and oxygen atoms in total. The van der Waals surface area contributed by atoms with Crippen LogP contribution < -0.4 is 4.74 Å². The third-order valence-electron chi connectivity index (χ3n) is 4.69. The molecule has 2 unspecified atom stereocenters. The maximum Gasteiger partial charge on any atom is 0.411 e. The minimum Gasteiger partial charge on any atom is -0.497 e. The van der Waals surface area contributed by atoms with Crippen molar-refractivity contribution in [3.05, 3.63) is 35.4 Å². The number of hydrogen-bond acceptors (Lipinski definition) is 4. The molecule has 3 rings (SSSR count). The molecule has 5 heteroatoms. The maximum absolute atomic E-state index is 12.5. The fourth-order valence-electron chi connectivity index (χ4n) is 3.64. The predicted octanol–water partition coefficient (Wildman–Crippen LogP) is 4.12. The summed E-state index contributed by atoms with van der Waals surface area (Å²) >= 11 is 0. The van der Waals surface area contributed by atoms with Gasteiger partial charge in [0.25, 0.3) is 0 Å². The number of rotatable bonds is 2. The van der Waals surface area contributed by atoms with Gasteiger partial charge in [-0.1, -0.05) is 6.08 Å². The Morgan fingerprint density at radius 2 is 2.08 bits per heavy atom. The molecule has 0 N–H and O–H groups in total. The first-order chi connectivity index (χ1) is 11.8. The molecule has 25 heavy (non-hydrogen) atoms. The van der Waals surface area contributed by atoms with Crippen molar-refractivity contribution in [1.82, 2.24) is 4.90 Å². The lowest BCUT2D eigenvalue weighted by molar-refractivity contribution is 0.0175. The lowest BCUT2D eigenvalue weighted by Crippen LogP contribution is -2.45. The molecular formula is C20H24N2O3. The second-order valence-electron chi connectivity index (χ2n) is 7.61. The van der Waals surface area contributed by atoms with E-state index in [0.29, 0.717) is 5.56 Å². The van der Waals surface area contributed by atoms with Gasteiger partial charge in [0.05, 0.1) is 24.8 Å². The quantitative estimate of drug-likeness (QED) is 0.812. The highest BCUT2D eigenvalue weighted by Crippen LogP contribution is 2.40. The van der Waals surface area contributed by atoms with Gasteiger partial charge in [0.1, 0.15) is 11.4 Å². The van der Waals surface area contributed by atoms with Crippen LogP contribution in [0.2, 0.25) is 0 Å². The summed E-state index contributed by atoms with van der Waals surface area (Å²) < 4.78 is 10.9. The fraction of sp³-hybridized carbons (Fsp3) is 0.500. The van der Waals surface area contributed by atoms with Crippen LogP contribution in [0.4, 0.5) is 4.79 Å². The number of fused-ring (bicyclic) bond motifs is 2. The van der Waals surface area contributed by atoms with Crippen molar-refractivity contribution in [3.8, 4) is 11.8 Å². The number of carbonyl (C=O) groups is 1. The molecule has 2 aliphatic heterocycles. The minimum atomic E-state index is -0.499. The molecule has 1 amide bonds. The zero-order chi connectivity index (χ0) is 18.2. The molecule has 2 heterocycles. The van der Waals surface area contributed by atoms with Crippen molar-refractivity contribution in [3.63, 3.8) is 0 Å². The third kappa shape index (κ3) is 3.48. The number of nitriles is 1. The van der Waals surface area contributed by atoms with E-state index in [4.69, 9.17) is 9.47 Å². The van der Waals surface area contributed by atoms with Crippen LogP contribution in [0.15, 0.2) is 24.3 Å². The van der Waals surface area contributed by atoms with Gasteiger partial charge in [-0.2, -0.15) is 5.26 Å². The van der Waals surface area contributed by atoms with Crippen molar-refractivity contribution in [2.45, 2.75) is 57.7 Å². The average molecular weight is 340 g/mol. The number of ether oxygens (including phenoxy) is 2. The number of hydrogen-bond donors (Lipinski definition) is 0. The van der Waals surface area contributed by atoms with E-state index in [1.165, 1.54) is 0 Å². The Balaban J connectivity index is 1.90. The summed E-state index contributed by atoms with van der Waals surface area (Å²) in [7, 11) is 1.62. The van der Waals surface area contributed by atoms with E-state index in [0.717, 1.165) is 36.1 Å². The molecule has 2 bridgehead atoms. The molecule has 1 saturated heterocycles. The van der Waals surface area contributed by atoms with E-state index in [1.807, 2.05) is 31.7 Å².